The summed E-state index contributed by atoms with van der Waals surface area (Å²) in [6.07, 6.45) is 5.62. The van der Waals surface area contributed by atoms with Gasteiger partial charge in [-0.25, -0.2) is 4.98 Å². The molecule has 0 bridgehead atoms. The Morgan fingerprint density at radius 1 is 1.17 bits per heavy atom. The Hall–Kier alpha value is -1.26. The summed E-state index contributed by atoms with van der Waals surface area (Å²) in [7, 11) is 0. The Kier molecular flexibility index (Phi) is 4.09. The van der Waals surface area contributed by atoms with E-state index in [0.717, 1.165) is 13.1 Å². The minimum Gasteiger partial charge on any atom is -0.308 e. The van der Waals surface area contributed by atoms with Crippen LogP contribution in [0.15, 0.2) is 30.7 Å². The van der Waals surface area contributed by atoms with E-state index in [1.807, 2.05) is 30.7 Å². The highest BCUT2D eigenvalue weighted by Gasteiger charge is 2.17. The summed E-state index contributed by atoms with van der Waals surface area (Å²) < 4.78 is 0. The molecule has 18 heavy (non-hydrogen) atoms. The lowest BCUT2D eigenvalue weighted by molar-refractivity contribution is 0.585. The Labute approximate surface area is 112 Å². The summed E-state index contributed by atoms with van der Waals surface area (Å²) in [5, 5.41) is 4.62. The molecule has 2 rings (SSSR count). The van der Waals surface area contributed by atoms with Crippen LogP contribution in [-0.2, 0) is 18.5 Å². The van der Waals surface area contributed by atoms with E-state index < -0.39 is 0 Å². The molecule has 0 saturated heterocycles. The van der Waals surface area contributed by atoms with Crippen molar-refractivity contribution in [2.45, 2.75) is 39.3 Å². The van der Waals surface area contributed by atoms with Gasteiger partial charge < -0.3 is 5.32 Å². The Morgan fingerprint density at radius 3 is 2.50 bits per heavy atom. The normalized spacial score (nSPS) is 11.7. The summed E-state index contributed by atoms with van der Waals surface area (Å²) in [6, 6.07) is 4.06. The molecule has 0 aromatic carbocycles. The van der Waals surface area contributed by atoms with E-state index in [1.165, 1.54) is 15.4 Å². The number of nitrogens with one attached hydrogen (secondary N) is 1. The molecule has 4 heteroatoms. The van der Waals surface area contributed by atoms with Gasteiger partial charge in [-0.1, -0.05) is 20.8 Å². The molecule has 1 N–H and O–H groups in total. The lowest BCUT2D eigenvalue weighted by Crippen LogP contribution is -2.11. The quantitative estimate of drug-likeness (QED) is 0.919. The molecule has 0 aliphatic carbocycles. The molecule has 3 nitrogen and oxygen atoms in total. The summed E-state index contributed by atoms with van der Waals surface area (Å²) in [5.74, 6) is 0. The average molecular weight is 261 g/mol. The second-order valence-corrected chi connectivity index (χ2v) is 6.46. The van der Waals surface area contributed by atoms with Crippen LogP contribution in [0.3, 0.4) is 0 Å². The molecule has 2 aromatic rings. The van der Waals surface area contributed by atoms with Crippen LogP contribution in [0.1, 0.15) is 36.2 Å². The third-order valence-corrected chi connectivity index (χ3v) is 4.00. The molecule has 2 aromatic heterocycles. The van der Waals surface area contributed by atoms with Crippen LogP contribution >= 0.6 is 11.3 Å². The number of thiazole rings is 1. The Bertz CT molecular complexity index is 485. The highest BCUT2D eigenvalue weighted by atomic mass is 32.1. The SMILES string of the molecule is CC(C)(C)c1ncc(CNCc2ccncc2)s1. The highest BCUT2D eigenvalue weighted by molar-refractivity contribution is 7.11. The Morgan fingerprint density at radius 2 is 1.89 bits per heavy atom. The maximum atomic E-state index is 4.48. The molecule has 2 heterocycles. The van der Waals surface area contributed by atoms with E-state index in [9.17, 15) is 0 Å². The first-order valence-corrected chi connectivity index (χ1v) is 6.92. The van der Waals surface area contributed by atoms with Gasteiger partial charge in [-0.05, 0) is 17.7 Å². The third kappa shape index (κ3) is 3.62. The Balaban J connectivity index is 1.86. The molecular formula is C14H19N3S. The average Bonchev–Trinajstić information content (AvgIpc) is 2.79. The maximum absolute atomic E-state index is 4.48. The van der Waals surface area contributed by atoms with Crippen molar-refractivity contribution >= 4 is 11.3 Å². The minimum absolute atomic E-state index is 0.147. The number of nitrogens with zero attached hydrogens (tertiary/aromatic N) is 2. The molecule has 0 atom stereocenters. The van der Waals surface area contributed by atoms with Crippen molar-refractivity contribution in [2.75, 3.05) is 0 Å². The molecule has 0 unspecified atom stereocenters. The zero-order chi connectivity index (χ0) is 13.0. The van der Waals surface area contributed by atoms with Crippen molar-refractivity contribution in [1.29, 1.82) is 0 Å². The number of rotatable bonds is 4. The smallest absolute Gasteiger partial charge is 0.0981 e. The highest BCUT2D eigenvalue weighted by Crippen LogP contribution is 2.26. The fraction of sp³-hybridized carbons (Fsp3) is 0.429. The van der Waals surface area contributed by atoms with Crippen molar-refractivity contribution in [2.24, 2.45) is 0 Å². The molecule has 0 fully saturated rings. The molecule has 0 radical (unpaired) electrons. The third-order valence-electron chi connectivity index (χ3n) is 2.57. The van der Waals surface area contributed by atoms with Crippen molar-refractivity contribution in [3.8, 4) is 0 Å². The first-order chi connectivity index (χ1) is 8.55. The zero-order valence-corrected chi connectivity index (χ0v) is 11.9. The second-order valence-electron chi connectivity index (χ2n) is 5.34. The summed E-state index contributed by atoms with van der Waals surface area (Å²) >= 11 is 1.79. The van der Waals surface area contributed by atoms with Gasteiger partial charge in [0.25, 0.3) is 0 Å². The summed E-state index contributed by atoms with van der Waals surface area (Å²) in [4.78, 5) is 9.77. The number of hydrogen-bond donors (Lipinski definition) is 1. The maximum Gasteiger partial charge on any atom is 0.0981 e. The van der Waals surface area contributed by atoms with Gasteiger partial charge in [0.15, 0.2) is 0 Å². The van der Waals surface area contributed by atoms with E-state index in [4.69, 9.17) is 0 Å². The second kappa shape index (κ2) is 5.59. The van der Waals surface area contributed by atoms with Gasteiger partial charge in [0.1, 0.15) is 0 Å². The molecule has 0 amide bonds. The van der Waals surface area contributed by atoms with Crippen LogP contribution in [-0.4, -0.2) is 9.97 Å². The topological polar surface area (TPSA) is 37.8 Å². The van der Waals surface area contributed by atoms with Crippen LogP contribution in [0.25, 0.3) is 0 Å². The van der Waals surface area contributed by atoms with Gasteiger partial charge in [0, 0.05) is 42.0 Å². The van der Waals surface area contributed by atoms with E-state index >= 15 is 0 Å². The largest absolute Gasteiger partial charge is 0.308 e. The van der Waals surface area contributed by atoms with Gasteiger partial charge in [-0.3, -0.25) is 4.98 Å². The van der Waals surface area contributed by atoms with Gasteiger partial charge >= 0.3 is 0 Å². The summed E-state index contributed by atoms with van der Waals surface area (Å²) in [6.45, 7) is 8.32. The zero-order valence-electron chi connectivity index (χ0n) is 11.1. The van der Waals surface area contributed by atoms with Crippen LogP contribution < -0.4 is 5.32 Å². The summed E-state index contributed by atoms with van der Waals surface area (Å²) in [5.41, 5.74) is 1.40. The number of hydrogen-bond acceptors (Lipinski definition) is 4. The first kappa shape index (κ1) is 13.2. The van der Waals surface area contributed by atoms with Crippen molar-refractivity contribution in [3.05, 3.63) is 46.2 Å². The van der Waals surface area contributed by atoms with Crippen molar-refractivity contribution < 1.29 is 0 Å². The van der Waals surface area contributed by atoms with Gasteiger partial charge in [0.2, 0.25) is 0 Å². The lowest BCUT2D eigenvalue weighted by atomic mass is 9.98. The van der Waals surface area contributed by atoms with Crippen molar-refractivity contribution in [3.63, 3.8) is 0 Å². The fourth-order valence-corrected chi connectivity index (χ4v) is 2.51. The predicted octanol–water partition coefficient (Wildman–Crippen LogP) is 3.13. The molecular weight excluding hydrogens is 242 g/mol. The standard InChI is InChI=1S/C14H19N3S/c1-14(2,3)13-17-10-12(18-13)9-16-8-11-4-6-15-7-5-11/h4-7,10,16H,8-9H2,1-3H3. The van der Waals surface area contributed by atoms with Crippen LogP contribution in [0.2, 0.25) is 0 Å². The first-order valence-electron chi connectivity index (χ1n) is 6.10. The number of aromatic nitrogens is 2. The molecule has 96 valence electrons. The van der Waals surface area contributed by atoms with Gasteiger partial charge in [-0.15, -0.1) is 11.3 Å². The van der Waals surface area contributed by atoms with E-state index in [2.05, 4.69) is 36.1 Å². The monoisotopic (exact) mass is 261 g/mol. The fourth-order valence-electron chi connectivity index (χ4n) is 1.57. The minimum atomic E-state index is 0.147. The van der Waals surface area contributed by atoms with Crippen LogP contribution in [0.4, 0.5) is 0 Å². The van der Waals surface area contributed by atoms with E-state index in [-0.39, 0.29) is 5.41 Å². The van der Waals surface area contributed by atoms with Gasteiger partial charge in [0.05, 0.1) is 5.01 Å². The van der Waals surface area contributed by atoms with Gasteiger partial charge in [-0.2, -0.15) is 0 Å². The molecule has 0 aliphatic rings. The van der Waals surface area contributed by atoms with Crippen molar-refractivity contribution in [1.82, 2.24) is 15.3 Å². The molecule has 0 aliphatic heterocycles. The molecule has 0 spiro atoms. The number of pyridine rings is 1. The molecule has 0 saturated carbocycles. The lowest BCUT2D eigenvalue weighted by Gasteiger charge is -2.13. The van der Waals surface area contributed by atoms with E-state index in [0.29, 0.717) is 0 Å². The van der Waals surface area contributed by atoms with E-state index in [1.54, 1.807) is 11.3 Å². The van der Waals surface area contributed by atoms with Crippen LogP contribution in [0.5, 0.6) is 0 Å². The van der Waals surface area contributed by atoms with Crippen LogP contribution in [0, 0.1) is 0 Å². The predicted molar refractivity (Wildman–Crippen MR) is 75.6 cm³/mol.